The first-order valence-corrected chi connectivity index (χ1v) is 11.9. The Kier molecular flexibility index (Phi) is 8.27. The molecule has 0 radical (unpaired) electrons. The molecule has 1 saturated heterocycles. The molecule has 1 aliphatic rings. The van der Waals surface area contributed by atoms with Gasteiger partial charge in [-0.3, -0.25) is 4.79 Å². The van der Waals surface area contributed by atoms with E-state index in [1.807, 2.05) is 0 Å². The number of hydrogen-bond acceptors (Lipinski definition) is 8. The van der Waals surface area contributed by atoms with Crippen LogP contribution < -0.4 is 4.72 Å². The highest BCUT2D eigenvalue weighted by Gasteiger charge is 2.27. The largest absolute Gasteiger partial charge is 0.466 e. The van der Waals surface area contributed by atoms with Crippen LogP contribution in [-0.2, 0) is 29.1 Å². The van der Waals surface area contributed by atoms with Gasteiger partial charge in [0, 0.05) is 12.1 Å². The van der Waals surface area contributed by atoms with Gasteiger partial charge in [0.1, 0.15) is 0 Å². The highest BCUT2D eigenvalue weighted by atomic mass is 32.2. The quantitative estimate of drug-likeness (QED) is 0.348. The second-order valence-corrected chi connectivity index (χ2v) is 10.4. The van der Waals surface area contributed by atoms with Gasteiger partial charge in [-0.15, -0.1) is 0 Å². The number of sulfonamides is 1. The van der Waals surface area contributed by atoms with Gasteiger partial charge in [-0.25, -0.2) is 22.7 Å². The monoisotopic (exact) mass is 470 g/mol. The third-order valence-electron chi connectivity index (χ3n) is 3.95. The van der Waals surface area contributed by atoms with Crippen LogP contribution in [0.15, 0.2) is 40.3 Å². The Morgan fingerprint density at radius 2 is 1.87 bits per heavy atom. The maximum atomic E-state index is 12.3. The summed E-state index contributed by atoms with van der Waals surface area (Å²) in [6, 6.07) is 5.46. The third kappa shape index (κ3) is 7.37. The van der Waals surface area contributed by atoms with Crippen molar-refractivity contribution in [1.82, 2.24) is 9.62 Å². The van der Waals surface area contributed by atoms with Crippen molar-refractivity contribution in [2.45, 2.75) is 37.6 Å². The van der Waals surface area contributed by atoms with Crippen molar-refractivity contribution >= 4 is 39.6 Å². The molecule has 1 aromatic rings. The molecule has 9 nitrogen and oxygen atoms in total. The van der Waals surface area contributed by atoms with Crippen molar-refractivity contribution in [3.05, 3.63) is 40.9 Å². The molecule has 1 aliphatic heterocycles. The molecule has 0 atom stereocenters. The number of methoxy groups -OCH3 is 1. The van der Waals surface area contributed by atoms with Gasteiger partial charge >= 0.3 is 11.9 Å². The number of thioether (sulfide) groups is 1. The number of carbonyl (C=O) groups is 3. The fourth-order valence-electron chi connectivity index (χ4n) is 2.63. The molecule has 31 heavy (non-hydrogen) atoms. The number of carbonyl (C=O) groups excluding carboxylic acids is 3. The number of hydrogen-bond donors (Lipinski definition) is 1. The summed E-state index contributed by atoms with van der Waals surface area (Å²) >= 11 is 1.24. The molecule has 1 fully saturated rings. The minimum absolute atomic E-state index is 0.0499. The number of esters is 2. The second-order valence-electron chi connectivity index (χ2n) is 7.71. The minimum Gasteiger partial charge on any atom is -0.466 e. The van der Waals surface area contributed by atoms with Crippen molar-refractivity contribution in [3.8, 4) is 0 Å². The van der Waals surface area contributed by atoms with E-state index in [9.17, 15) is 22.8 Å². The van der Waals surface area contributed by atoms with Crippen LogP contribution in [0, 0.1) is 0 Å². The van der Waals surface area contributed by atoms with Gasteiger partial charge < -0.3 is 14.4 Å². The number of nitrogens with zero attached hydrogens (tertiary/aromatic N) is 1. The summed E-state index contributed by atoms with van der Waals surface area (Å²) in [5, 5.41) is 0.504. The van der Waals surface area contributed by atoms with E-state index in [-0.39, 0.29) is 35.3 Å². The lowest BCUT2D eigenvalue weighted by Crippen LogP contribution is -2.40. The van der Waals surface area contributed by atoms with E-state index >= 15 is 0 Å². The predicted octanol–water partition coefficient (Wildman–Crippen LogP) is 1.90. The summed E-state index contributed by atoms with van der Waals surface area (Å²) in [6.07, 6.45) is 1.63. The van der Waals surface area contributed by atoms with Crippen LogP contribution in [0.2, 0.25) is 0 Å². The lowest BCUT2D eigenvalue weighted by molar-refractivity contribution is -0.134. The van der Waals surface area contributed by atoms with Gasteiger partial charge in [-0.2, -0.15) is 0 Å². The maximum absolute atomic E-state index is 12.3. The summed E-state index contributed by atoms with van der Waals surface area (Å²) in [5.74, 6) is -1.04. The van der Waals surface area contributed by atoms with E-state index in [0.29, 0.717) is 11.4 Å². The van der Waals surface area contributed by atoms with E-state index in [4.69, 9.17) is 4.74 Å². The lowest BCUT2D eigenvalue weighted by Gasteiger charge is -2.20. The summed E-state index contributed by atoms with van der Waals surface area (Å²) < 4.78 is 36.9. The van der Waals surface area contributed by atoms with Gasteiger partial charge in [-0.1, -0.05) is 11.8 Å². The zero-order valence-corrected chi connectivity index (χ0v) is 19.5. The van der Waals surface area contributed by atoms with Gasteiger partial charge in [-0.05, 0) is 51.5 Å². The average molecular weight is 471 g/mol. The fraction of sp³-hybridized carbons (Fsp3) is 0.450. The number of rotatable bonds is 8. The summed E-state index contributed by atoms with van der Waals surface area (Å²) in [4.78, 5) is 37.0. The van der Waals surface area contributed by atoms with Crippen LogP contribution in [0.1, 0.15) is 37.6 Å². The normalized spacial score (nSPS) is 15.9. The summed E-state index contributed by atoms with van der Waals surface area (Å²) in [7, 11) is -2.43. The summed E-state index contributed by atoms with van der Waals surface area (Å²) in [5.41, 5.74) is -0.411. The maximum Gasteiger partial charge on any atom is 0.338 e. The zero-order chi connectivity index (χ0) is 23.2. The van der Waals surface area contributed by atoms with Crippen LogP contribution in [0.3, 0.4) is 0 Å². The molecule has 2 rings (SSSR count). The van der Waals surface area contributed by atoms with Crippen molar-refractivity contribution in [3.63, 3.8) is 0 Å². The molecular formula is C20H26N2O7S2. The van der Waals surface area contributed by atoms with E-state index in [2.05, 4.69) is 9.46 Å². The predicted molar refractivity (Wildman–Crippen MR) is 116 cm³/mol. The Morgan fingerprint density at radius 1 is 1.23 bits per heavy atom. The molecule has 1 N–H and O–H groups in total. The first-order chi connectivity index (χ1) is 14.4. The topological polar surface area (TPSA) is 119 Å². The van der Waals surface area contributed by atoms with Crippen molar-refractivity contribution in [2.75, 3.05) is 26.0 Å². The smallest absolute Gasteiger partial charge is 0.338 e. The molecule has 0 aromatic heterocycles. The highest BCUT2D eigenvalue weighted by molar-refractivity contribution is 8.04. The minimum atomic E-state index is -3.69. The Hall–Kier alpha value is -2.37. The fourth-order valence-corrected chi connectivity index (χ4v) is 5.01. The Morgan fingerprint density at radius 3 is 2.45 bits per heavy atom. The van der Waals surface area contributed by atoms with E-state index in [1.54, 1.807) is 20.8 Å². The van der Waals surface area contributed by atoms with Crippen LogP contribution in [0.25, 0.3) is 0 Å². The van der Waals surface area contributed by atoms with Crippen molar-refractivity contribution in [1.29, 1.82) is 0 Å². The first kappa shape index (κ1) is 24.9. The molecule has 1 amide bonds. The van der Waals surface area contributed by atoms with Crippen LogP contribution >= 0.6 is 11.8 Å². The van der Waals surface area contributed by atoms with E-state index in [1.165, 1.54) is 54.1 Å². The van der Waals surface area contributed by atoms with Gasteiger partial charge in [0.05, 0.1) is 41.0 Å². The van der Waals surface area contributed by atoms with Crippen molar-refractivity contribution < 1.29 is 32.3 Å². The average Bonchev–Trinajstić information content (AvgIpc) is 3.02. The molecule has 0 bridgehead atoms. The van der Waals surface area contributed by atoms with Crippen LogP contribution in [-0.4, -0.2) is 62.7 Å². The van der Waals surface area contributed by atoms with Crippen LogP contribution in [0.4, 0.5) is 0 Å². The lowest BCUT2D eigenvalue weighted by atomic mass is 10.1. The molecule has 0 spiro atoms. The second kappa shape index (κ2) is 10.3. The van der Waals surface area contributed by atoms with E-state index in [0.717, 1.165) is 0 Å². The summed E-state index contributed by atoms with van der Waals surface area (Å²) in [6.45, 7) is 5.55. The Labute approximate surface area is 186 Å². The Bertz CT molecular complexity index is 964. The SMILES string of the molecule is COC(=O)/C=C1/SCC(=O)N1CCCOC(=O)c1ccc(S(=O)(=O)NC(C)(C)C)cc1. The number of ether oxygens (including phenoxy) is 2. The standard InChI is InChI=1S/C20H26N2O7S2/c1-20(2,3)21-31(26,27)15-8-6-14(7-9-15)19(25)29-11-5-10-22-16(23)13-30-17(22)12-18(24)28-4/h6-9,12,21H,5,10-11,13H2,1-4H3/b17-12+. The Balaban J connectivity index is 1.88. The van der Waals surface area contributed by atoms with E-state index < -0.39 is 27.5 Å². The number of amides is 1. The number of nitrogens with one attached hydrogen (secondary N) is 1. The number of benzene rings is 1. The molecule has 1 aromatic carbocycles. The molecule has 170 valence electrons. The zero-order valence-electron chi connectivity index (χ0n) is 17.8. The molecule has 0 unspecified atom stereocenters. The molecule has 11 heteroatoms. The third-order valence-corrected chi connectivity index (χ3v) is 6.75. The molecule has 1 heterocycles. The van der Waals surface area contributed by atoms with Gasteiger partial charge in [0.2, 0.25) is 15.9 Å². The molecule has 0 aliphatic carbocycles. The van der Waals surface area contributed by atoms with Gasteiger partial charge in [0.25, 0.3) is 0 Å². The van der Waals surface area contributed by atoms with Crippen molar-refractivity contribution in [2.24, 2.45) is 0 Å². The first-order valence-electron chi connectivity index (χ1n) is 9.47. The molecule has 0 saturated carbocycles. The van der Waals surface area contributed by atoms with Crippen LogP contribution in [0.5, 0.6) is 0 Å². The highest BCUT2D eigenvalue weighted by Crippen LogP contribution is 2.28. The molecular weight excluding hydrogens is 444 g/mol. The van der Waals surface area contributed by atoms with Gasteiger partial charge in [0.15, 0.2) is 0 Å².